The number of hydrogen-bond donors (Lipinski definition) is 2. The highest BCUT2D eigenvalue weighted by Gasteiger charge is 2.40. The van der Waals surface area contributed by atoms with Gasteiger partial charge in [-0.3, -0.25) is 9.88 Å². The number of nitrogens with zero attached hydrogens (tertiary/aromatic N) is 3. The molecule has 0 spiro atoms. The Morgan fingerprint density at radius 3 is 2.85 bits per heavy atom. The van der Waals surface area contributed by atoms with Crippen LogP contribution in [-0.2, 0) is 11.3 Å². The van der Waals surface area contributed by atoms with E-state index in [1.165, 1.54) is 17.9 Å². The molecule has 0 aromatic carbocycles. The van der Waals surface area contributed by atoms with E-state index in [2.05, 4.69) is 39.2 Å². The van der Waals surface area contributed by atoms with Gasteiger partial charge in [0.15, 0.2) is 5.96 Å². The standard InChI is InChI=1S/C18H29N5OS.HI/c1-2-19-17(21-13-16-5-3-4-7-20-16)22-14-18(6-12-25-15-18)23-8-10-24-11-9-23;/h3-5,7H,2,6,8-15H2,1H3,(H2,19,21,22);1H. The Balaban J connectivity index is 0.00000243. The second kappa shape index (κ2) is 11.3. The van der Waals surface area contributed by atoms with Crippen molar-refractivity contribution in [1.82, 2.24) is 20.5 Å². The summed E-state index contributed by atoms with van der Waals surface area (Å²) in [5.74, 6) is 3.29. The molecule has 0 radical (unpaired) electrons. The molecule has 2 N–H and O–H groups in total. The molecule has 2 aliphatic heterocycles. The van der Waals surface area contributed by atoms with Crippen molar-refractivity contribution in [3.8, 4) is 0 Å². The fourth-order valence-electron chi connectivity index (χ4n) is 3.38. The van der Waals surface area contributed by atoms with Gasteiger partial charge in [0.1, 0.15) is 0 Å². The summed E-state index contributed by atoms with van der Waals surface area (Å²) in [4.78, 5) is 11.7. The van der Waals surface area contributed by atoms with Crippen LogP contribution in [0.2, 0.25) is 0 Å². The van der Waals surface area contributed by atoms with Gasteiger partial charge >= 0.3 is 0 Å². The fourth-order valence-corrected chi connectivity index (χ4v) is 4.85. The Morgan fingerprint density at radius 1 is 1.35 bits per heavy atom. The molecule has 1 atom stereocenters. The van der Waals surface area contributed by atoms with E-state index in [4.69, 9.17) is 9.73 Å². The first-order valence-electron chi connectivity index (χ1n) is 9.15. The van der Waals surface area contributed by atoms with Crippen molar-refractivity contribution in [2.24, 2.45) is 4.99 Å². The van der Waals surface area contributed by atoms with Gasteiger partial charge in [-0.05, 0) is 31.2 Å². The van der Waals surface area contributed by atoms with Gasteiger partial charge in [0.25, 0.3) is 0 Å². The maximum atomic E-state index is 5.54. The molecule has 1 unspecified atom stereocenters. The number of halogens is 1. The first-order valence-corrected chi connectivity index (χ1v) is 10.3. The zero-order valence-corrected chi connectivity index (χ0v) is 18.6. The molecule has 8 heteroatoms. The van der Waals surface area contributed by atoms with Gasteiger partial charge in [-0.1, -0.05) is 6.07 Å². The van der Waals surface area contributed by atoms with Gasteiger partial charge in [0.05, 0.1) is 25.5 Å². The van der Waals surface area contributed by atoms with Gasteiger partial charge in [-0.2, -0.15) is 11.8 Å². The van der Waals surface area contributed by atoms with Crippen molar-refractivity contribution >= 4 is 41.7 Å². The summed E-state index contributed by atoms with van der Waals surface area (Å²) in [6.45, 7) is 8.23. The van der Waals surface area contributed by atoms with Crippen molar-refractivity contribution in [2.75, 3.05) is 50.9 Å². The SMILES string of the molecule is CCNC(=NCc1ccccn1)NCC1(N2CCOCC2)CCSC1.I. The molecule has 1 aromatic heterocycles. The van der Waals surface area contributed by atoms with Crippen molar-refractivity contribution in [3.05, 3.63) is 30.1 Å². The molecule has 3 rings (SSSR count). The van der Waals surface area contributed by atoms with Crippen molar-refractivity contribution in [3.63, 3.8) is 0 Å². The second-order valence-corrected chi connectivity index (χ2v) is 7.60. The number of aliphatic imine (C=N–C) groups is 1. The monoisotopic (exact) mass is 491 g/mol. The minimum absolute atomic E-state index is 0. The predicted molar refractivity (Wildman–Crippen MR) is 120 cm³/mol. The van der Waals surface area contributed by atoms with E-state index in [0.29, 0.717) is 6.54 Å². The first kappa shape index (κ1) is 21.7. The fraction of sp³-hybridized carbons (Fsp3) is 0.667. The normalized spacial score (nSPS) is 24.1. The lowest BCUT2D eigenvalue weighted by Crippen LogP contribution is -2.60. The van der Waals surface area contributed by atoms with E-state index in [-0.39, 0.29) is 29.5 Å². The zero-order valence-electron chi connectivity index (χ0n) is 15.4. The van der Waals surface area contributed by atoms with Crippen LogP contribution in [0, 0.1) is 0 Å². The molecule has 2 fully saturated rings. The highest BCUT2D eigenvalue weighted by Crippen LogP contribution is 2.33. The van der Waals surface area contributed by atoms with Crippen LogP contribution in [-0.4, -0.2) is 72.3 Å². The van der Waals surface area contributed by atoms with E-state index in [1.807, 2.05) is 24.4 Å². The minimum Gasteiger partial charge on any atom is -0.379 e. The molecule has 3 heterocycles. The third kappa shape index (κ3) is 5.97. The van der Waals surface area contributed by atoms with Crippen molar-refractivity contribution in [1.29, 1.82) is 0 Å². The maximum Gasteiger partial charge on any atom is 0.191 e. The average Bonchev–Trinajstić information content (AvgIpc) is 3.16. The number of thioether (sulfide) groups is 1. The maximum absolute atomic E-state index is 5.54. The van der Waals surface area contributed by atoms with Gasteiger partial charge in [-0.25, -0.2) is 4.99 Å². The number of ether oxygens (including phenoxy) is 1. The Labute approximate surface area is 178 Å². The van der Waals surface area contributed by atoms with E-state index < -0.39 is 0 Å². The Morgan fingerprint density at radius 2 is 2.19 bits per heavy atom. The summed E-state index contributed by atoms with van der Waals surface area (Å²) < 4.78 is 5.54. The molecule has 6 nitrogen and oxygen atoms in total. The molecule has 2 saturated heterocycles. The number of morpholine rings is 1. The molecule has 0 amide bonds. The molecule has 0 aliphatic carbocycles. The smallest absolute Gasteiger partial charge is 0.191 e. The first-order chi connectivity index (χ1) is 12.3. The second-order valence-electron chi connectivity index (χ2n) is 6.50. The molecular weight excluding hydrogens is 461 g/mol. The van der Waals surface area contributed by atoms with Crippen molar-refractivity contribution < 1.29 is 4.74 Å². The average molecular weight is 491 g/mol. The Kier molecular flexibility index (Phi) is 9.44. The largest absolute Gasteiger partial charge is 0.379 e. The summed E-state index contributed by atoms with van der Waals surface area (Å²) >= 11 is 2.06. The summed E-state index contributed by atoms with van der Waals surface area (Å²) in [6, 6.07) is 5.94. The molecule has 0 bridgehead atoms. The van der Waals surface area contributed by atoms with Crippen molar-refractivity contribution in [2.45, 2.75) is 25.4 Å². The van der Waals surface area contributed by atoms with E-state index in [9.17, 15) is 0 Å². The van der Waals surface area contributed by atoms with Gasteiger partial charge in [-0.15, -0.1) is 24.0 Å². The van der Waals surface area contributed by atoms with Crippen LogP contribution in [0.4, 0.5) is 0 Å². The lowest BCUT2D eigenvalue weighted by molar-refractivity contribution is -0.0120. The van der Waals surface area contributed by atoms with Gasteiger partial charge in [0, 0.05) is 43.7 Å². The highest BCUT2D eigenvalue weighted by atomic mass is 127. The lowest BCUT2D eigenvalue weighted by Gasteiger charge is -2.43. The minimum atomic E-state index is 0. The predicted octanol–water partition coefficient (Wildman–Crippen LogP) is 1.96. The topological polar surface area (TPSA) is 61.8 Å². The number of aromatic nitrogens is 1. The van der Waals surface area contributed by atoms with Gasteiger partial charge in [0.2, 0.25) is 0 Å². The third-order valence-electron chi connectivity index (χ3n) is 4.82. The summed E-state index contributed by atoms with van der Waals surface area (Å²) in [7, 11) is 0. The van der Waals surface area contributed by atoms with E-state index in [0.717, 1.165) is 51.0 Å². The number of rotatable bonds is 6. The van der Waals surface area contributed by atoms with E-state index >= 15 is 0 Å². The Bertz CT molecular complexity index is 548. The van der Waals surface area contributed by atoms with Crippen LogP contribution in [0.1, 0.15) is 19.0 Å². The number of pyridine rings is 1. The lowest BCUT2D eigenvalue weighted by atomic mass is 9.95. The number of guanidine groups is 1. The molecule has 1 aromatic rings. The van der Waals surface area contributed by atoms with E-state index in [1.54, 1.807) is 0 Å². The summed E-state index contributed by atoms with van der Waals surface area (Å²) in [6.07, 6.45) is 3.04. The van der Waals surface area contributed by atoms with Crippen LogP contribution < -0.4 is 10.6 Å². The van der Waals surface area contributed by atoms with Crippen LogP contribution in [0.3, 0.4) is 0 Å². The van der Waals surface area contributed by atoms with Crippen LogP contribution >= 0.6 is 35.7 Å². The molecule has 146 valence electrons. The number of hydrogen-bond acceptors (Lipinski definition) is 5. The highest BCUT2D eigenvalue weighted by molar-refractivity contribution is 14.0. The molecular formula is C18H30IN5OS. The summed E-state index contributed by atoms with van der Waals surface area (Å²) in [5, 5.41) is 6.94. The van der Waals surface area contributed by atoms with Crippen LogP contribution in [0.25, 0.3) is 0 Å². The molecule has 26 heavy (non-hydrogen) atoms. The molecule has 2 aliphatic rings. The Hall–Kier alpha value is -0.580. The number of nitrogens with one attached hydrogen (secondary N) is 2. The van der Waals surface area contributed by atoms with Crippen LogP contribution in [0.5, 0.6) is 0 Å². The quantitative estimate of drug-likeness (QED) is 0.361. The van der Waals surface area contributed by atoms with Gasteiger partial charge < -0.3 is 15.4 Å². The summed E-state index contributed by atoms with van der Waals surface area (Å²) in [5.41, 5.74) is 1.20. The molecule has 0 saturated carbocycles. The zero-order chi connectivity index (χ0) is 17.4. The van der Waals surface area contributed by atoms with Crippen LogP contribution in [0.15, 0.2) is 29.4 Å². The third-order valence-corrected chi connectivity index (χ3v) is 6.05.